The Balaban J connectivity index is 1.94. The summed E-state index contributed by atoms with van der Waals surface area (Å²) in [5, 5.41) is 2.63. The lowest BCUT2D eigenvalue weighted by atomic mass is 10.2. The molecule has 2 rings (SSSR count). The largest absolute Gasteiger partial charge is 0.451 e. The van der Waals surface area contributed by atoms with Crippen molar-refractivity contribution in [2.24, 2.45) is 0 Å². The number of hydrogen-bond acceptors (Lipinski definition) is 4. The fourth-order valence-corrected chi connectivity index (χ4v) is 2.64. The van der Waals surface area contributed by atoms with E-state index in [2.05, 4.69) is 5.32 Å². The number of hydrogen-bond donors (Lipinski definition) is 1. The van der Waals surface area contributed by atoms with E-state index in [1.165, 1.54) is 23.5 Å². The van der Waals surface area contributed by atoms with Gasteiger partial charge in [0.05, 0.1) is 0 Å². The molecule has 0 aliphatic heterocycles. The number of benzene rings is 1. The van der Waals surface area contributed by atoms with Crippen LogP contribution in [0.5, 0.6) is 0 Å². The van der Waals surface area contributed by atoms with Gasteiger partial charge in [0.2, 0.25) is 0 Å². The maximum Gasteiger partial charge on any atom is 0.348 e. The molecular weight excluding hydrogens is 305 g/mol. The predicted octanol–water partition coefficient (Wildman–Crippen LogP) is 3.24. The average molecular weight is 321 g/mol. The van der Waals surface area contributed by atoms with Crippen molar-refractivity contribution in [3.63, 3.8) is 0 Å². The average Bonchev–Trinajstić information content (AvgIpc) is 3.01. The Morgan fingerprint density at radius 3 is 2.59 bits per heavy atom. The van der Waals surface area contributed by atoms with Crippen LogP contribution in [0, 0.1) is 5.82 Å². The second-order valence-electron chi connectivity index (χ2n) is 4.60. The molecule has 1 amide bonds. The highest BCUT2D eigenvalue weighted by molar-refractivity contribution is 7.17. The Bertz CT molecular complexity index is 652. The van der Waals surface area contributed by atoms with Crippen LogP contribution in [0.4, 0.5) is 4.39 Å². The molecule has 0 atom stereocenters. The molecule has 0 aliphatic rings. The number of ether oxygens (including phenoxy) is 1. The van der Waals surface area contributed by atoms with E-state index in [0.29, 0.717) is 11.4 Å². The van der Waals surface area contributed by atoms with Crippen molar-refractivity contribution in [2.45, 2.75) is 13.3 Å². The van der Waals surface area contributed by atoms with Gasteiger partial charge in [-0.25, -0.2) is 9.18 Å². The molecule has 1 heterocycles. The van der Waals surface area contributed by atoms with Gasteiger partial charge in [-0.05, 0) is 36.2 Å². The van der Waals surface area contributed by atoms with Crippen LogP contribution in [0.2, 0.25) is 0 Å². The van der Waals surface area contributed by atoms with Gasteiger partial charge in [0.25, 0.3) is 5.91 Å². The van der Waals surface area contributed by atoms with E-state index in [1.807, 2.05) is 6.92 Å². The Kier molecular flexibility index (Phi) is 5.66. The Hall–Kier alpha value is -2.21. The highest BCUT2D eigenvalue weighted by Gasteiger charge is 2.13. The highest BCUT2D eigenvalue weighted by atomic mass is 32.1. The number of carbonyl (C=O) groups is 2. The molecule has 0 bridgehead atoms. The van der Waals surface area contributed by atoms with Crippen molar-refractivity contribution in [1.82, 2.24) is 5.32 Å². The van der Waals surface area contributed by atoms with Crippen molar-refractivity contribution in [3.8, 4) is 10.4 Å². The van der Waals surface area contributed by atoms with Crippen LogP contribution in [-0.4, -0.2) is 25.0 Å². The molecule has 1 N–H and O–H groups in total. The number of rotatable bonds is 6. The Morgan fingerprint density at radius 1 is 1.18 bits per heavy atom. The summed E-state index contributed by atoms with van der Waals surface area (Å²) in [6.45, 7) is 2.21. The number of amides is 1. The van der Waals surface area contributed by atoms with E-state index >= 15 is 0 Å². The molecule has 1 aromatic carbocycles. The van der Waals surface area contributed by atoms with Crippen molar-refractivity contribution in [3.05, 3.63) is 47.1 Å². The zero-order chi connectivity index (χ0) is 15.9. The molecule has 0 aliphatic carbocycles. The normalized spacial score (nSPS) is 10.3. The van der Waals surface area contributed by atoms with E-state index in [4.69, 9.17) is 4.74 Å². The molecule has 22 heavy (non-hydrogen) atoms. The van der Waals surface area contributed by atoms with Gasteiger partial charge in [-0.3, -0.25) is 4.79 Å². The van der Waals surface area contributed by atoms with Crippen LogP contribution in [0.25, 0.3) is 10.4 Å². The van der Waals surface area contributed by atoms with E-state index in [0.717, 1.165) is 16.9 Å². The van der Waals surface area contributed by atoms with E-state index in [9.17, 15) is 14.0 Å². The first-order valence-corrected chi connectivity index (χ1v) is 7.71. The number of carbonyl (C=O) groups excluding carboxylic acids is 2. The van der Waals surface area contributed by atoms with Gasteiger partial charge in [-0.15, -0.1) is 11.3 Å². The fourth-order valence-electron chi connectivity index (χ4n) is 1.73. The van der Waals surface area contributed by atoms with Gasteiger partial charge in [0.15, 0.2) is 6.61 Å². The fraction of sp³-hybridized carbons (Fsp3) is 0.250. The summed E-state index contributed by atoms with van der Waals surface area (Å²) in [6, 6.07) is 9.43. The van der Waals surface area contributed by atoms with Gasteiger partial charge >= 0.3 is 5.97 Å². The van der Waals surface area contributed by atoms with Crippen LogP contribution >= 0.6 is 11.3 Å². The Labute approximate surface area is 131 Å². The summed E-state index contributed by atoms with van der Waals surface area (Å²) in [5.74, 6) is -1.16. The third-order valence-electron chi connectivity index (χ3n) is 2.84. The molecule has 0 spiro atoms. The maximum absolute atomic E-state index is 12.9. The van der Waals surface area contributed by atoms with Gasteiger partial charge < -0.3 is 10.1 Å². The van der Waals surface area contributed by atoms with Crippen molar-refractivity contribution in [2.75, 3.05) is 13.2 Å². The number of esters is 1. The summed E-state index contributed by atoms with van der Waals surface area (Å²) >= 11 is 1.24. The van der Waals surface area contributed by atoms with E-state index < -0.39 is 5.97 Å². The summed E-state index contributed by atoms with van der Waals surface area (Å²) in [7, 11) is 0. The first-order chi connectivity index (χ1) is 10.6. The molecule has 0 radical (unpaired) electrons. The smallest absolute Gasteiger partial charge is 0.348 e. The predicted molar refractivity (Wildman–Crippen MR) is 83.3 cm³/mol. The molecule has 2 aromatic rings. The third-order valence-corrected chi connectivity index (χ3v) is 3.96. The van der Waals surface area contributed by atoms with Crippen LogP contribution < -0.4 is 5.32 Å². The molecular formula is C16H16FNO3S. The third kappa shape index (κ3) is 4.39. The van der Waals surface area contributed by atoms with Gasteiger partial charge in [0.1, 0.15) is 10.7 Å². The lowest BCUT2D eigenvalue weighted by molar-refractivity contribution is -0.124. The summed E-state index contributed by atoms with van der Waals surface area (Å²) in [5.41, 5.74) is 0.825. The van der Waals surface area contributed by atoms with Crippen LogP contribution in [-0.2, 0) is 9.53 Å². The topological polar surface area (TPSA) is 55.4 Å². The minimum Gasteiger partial charge on any atom is -0.451 e. The first kappa shape index (κ1) is 16.2. The SMILES string of the molecule is CCCNC(=O)COC(=O)c1ccc(-c2ccc(F)cc2)s1. The molecule has 0 saturated heterocycles. The van der Waals surface area contributed by atoms with Crippen molar-refractivity contribution < 1.29 is 18.7 Å². The second kappa shape index (κ2) is 7.70. The first-order valence-electron chi connectivity index (χ1n) is 6.89. The monoisotopic (exact) mass is 321 g/mol. The zero-order valence-electron chi connectivity index (χ0n) is 12.1. The van der Waals surface area contributed by atoms with Crippen LogP contribution in [0.3, 0.4) is 0 Å². The lowest BCUT2D eigenvalue weighted by Gasteiger charge is -2.04. The standard InChI is InChI=1S/C16H16FNO3S/c1-2-9-18-15(19)10-21-16(20)14-8-7-13(22-14)11-3-5-12(17)6-4-11/h3-8H,2,9-10H2,1H3,(H,18,19). The lowest BCUT2D eigenvalue weighted by Crippen LogP contribution is -2.29. The van der Waals surface area contributed by atoms with Gasteiger partial charge in [-0.1, -0.05) is 19.1 Å². The summed E-state index contributed by atoms with van der Waals surface area (Å²) < 4.78 is 17.8. The second-order valence-corrected chi connectivity index (χ2v) is 5.68. The molecule has 4 nitrogen and oxygen atoms in total. The van der Waals surface area contributed by atoms with Gasteiger partial charge in [-0.2, -0.15) is 0 Å². The Morgan fingerprint density at radius 2 is 1.91 bits per heavy atom. The highest BCUT2D eigenvalue weighted by Crippen LogP contribution is 2.28. The van der Waals surface area contributed by atoms with Crippen molar-refractivity contribution >= 4 is 23.2 Å². The van der Waals surface area contributed by atoms with E-state index in [1.54, 1.807) is 24.3 Å². The molecule has 116 valence electrons. The minimum atomic E-state index is -0.537. The van der Waals surface area contributed by atoms with Crippen molar-refractivity contribution in [1.29, 1.82) is 0 Å². The number of halogens is 1. The molecule has 0 fully saturated rings. The van der Waals surface area contributed by atoms with Gasteiger partial charge in [0, 0.05) is 11.4 Å². The number of thiophene rings is 1. The van der Waals surface area contributed by atoms with Crippen LogP contribution in [0.1, 0.15) is 23.0 Å². The van der Waals surface area contributed by atoms with E-state index in [-0.39, 0.29) is 18.3 Å². The molecule has 0 unspecified atom stereocenters. The molecule has 0 saturated carbocycles. The molecule has 1 aromatic heterocycles. The number of nitrogens with one attached hydrogen (secondary N) is 1. The summed E-state index contributed by atoms with van der Waals surface area (Å²) in [4.78, 5) is 24.5. The quantitative estimate of drug-likeness (QED) is 0.831. The minimum absolute atomic E-state index is 0.289. The summed E-state index contributed by atoms with van der Waals surface area (Å²) in [6.07, 6.45) is 0.825. The zero-order valence-corrected chi connectivity index (χ0v) is 12.9. The van der Waals surface area contributed by atoms with Crippen LogP contribution in [0.15, 0.2) is 36.4 Å². The molecule has 6 heteroatoms. The maximum atomic E-state index is 12.9.